The molecule has 2 heterocycles. The van der Waals surface area contributed by atoms with Gasteiger partial charge in [-0.3, -0.25) is 9.59 Å². The summed E-state index contributed by atoms with van der Waals surface area (Å²) in [4.78, 5) is 29.4. The van der Waals surface area contributed by atoms with Crippen LogP contribution in [-0.2, 0) is 22.4 Å². The highest BCUT2D eigenvalue weighted by Crippen LogP contribution is 2.45. The first-order valence-corrected chi connectivity index (χ1v) is 12.2. The van der Waals surface area contributed by atoms with Gasteiger partial charge in [0.15, 0.2) is 0 Å². The number of amides is 2. The summed E-state index contributed by atoms with van der Waals surface area (Å²) >= 11 is 2.81. The lowest BCUT2D eigenvalue weighted by Crippen LogP contribution is -2.31. The number of carbonyl (C=O) groups is 2. The lowest BCUT2D eigenvalue weighted by Gasteiger charge is -2.22. The van der Waals surface area contributed by atoms with Crippen molar-refractivity contribution in [3.05, 3.63) is 76.2 Å². The van der Waals surface area contributed by atoms with E-state index in [1.54, 1.807) is 12.1 Å². The normalized spacial score (nSPS) is 20.3. The Bertz CT molecular complexity index is 1230. The van der Waals surface area contributed by atoms with Gasteiger partial charge >= 0.3 is 0 Å². The molecule has 1 fully saturated rings. The highest BCUT2D eigenvalue weighted by atomic mass is 32.2. The number of rotatable bonds is 4. The minimum atomic E-state index is -0.492. The topological polar surface area (TPSA) is 87.2 Å². The number of fused-ring (bicyclic) bond motifs is 1. The van der Waals surface area contributed by atoms with Crippen LogP contribution in [0.3, 0.4) is 0 Å². The van der Waals surface area contributed by atoms with Gasteiger partial charge in [-0.1, -0.05) is 30.3 Å². The number of nitrogens with zero attached hydrogens (tertiary/aromatic N) is 2. The van der Waals surface area contributed by atoms with E-state index in [1.807, 2.05) is 30.3 Å². The van der Waals surface area contributed by atoms with Crippen LogP contribution in [0.2, 0.25) is 0 Å². The predicted molar refractivity (Wildman–Crippen MR) is 128 cm³/mol. The Labute approximate surface area is 194 Å². The van der Waals surface area contributed by atoms with Gasteiger partial charge in [-0.25, -0.2) is 4.90 Å². The van der Waals surface area contributed by atoms with Crippen molar-refractivity contribution in [3.8, 4) is 6.07 Å². The number of benzene rings is 2. The van der Waals surface area contributed by atoms with Crippen LogP contribution in [-0.4, -0.2) is 17.1 Å². The van der Waals surface area contributed by atoms with Gasteiger partial charge in [-0.05, 0) is 60.6 Å². The van der Waals surface area contributed by atoms with E-state index in [-0.39, 0.29) is 18.2 Å². The van der Waals surface area contributed by atoms with Crippen molar-refractivity contribution in [2.75, 3.05) is 10.6 Å². The third kappa shape index (κ3) is 3.70. The van der Waals surface area contributed by atoms with Crippen molar-refractivity contribution in [1.82, 2.24) is 0 Å². The van der Waals surface area contributed by atoms with Crippen LogP contribution >= 0.6 is 23.1 Å². The summed E-state index contributed by atoms with van der Waals surface area (Å²) in [5.41, 5.74) is 9.19. The van der Waals surface area contributed by atoms with Crippen LogP contribution in [0.4, 0.5) is 10.7 Å². The molecule has 2 aliphatic rings. The quantitative estimate of drug-likeness (QED) is 0.443. The molecule has 7 heteroatoms. The molecule has 2 atom stereocenters. The fourth-order valence-electron chi connectivity index (χ4n) is 4.47. The molecular formula is C25H21N3O2S2. The van der Waals surface area contributed by atoms with Gasteiger partial charge in [-0.2, -0.15) is 5.26 Å². The first-order chi connectivity index (χ1) is 15.5. The first kappa shape index (κ1) is 20.8. The van der Waals surface area contributed by atoms with Crippen LogP contribution in [0, 0.1) is 11.3 Å². The second kappa shape index (κ2) is 8.45. The van der Waals surface area contributed by atoms with E-state index >= 15 is 0 Å². The molecule has 0 bridgehead atoms. The number of thiophene rings is 1. The van der Waals surface area contributed by atoms with Crippen molar-refractivity contribution in [2.24, 2.45) is 0 Å². The second-order valence-electron chi connectivity index (χ2n) is 8.09. The van der Waals surface area contributed by atoms with Crippen molar-refractivity contribution in [2.45, 2.75) is 41.7 Å². The smallest absolute Gasteiger partial charge is 0.248 e. The number of imide groups is 1. The number of carbonyl (C=O) groups excluding carboxylic acids is 2. The SMILES string of the molecule is N#Cc1c(N2C(=O)C[C@@H](Sc3ccc(N)cc3)C2=O)sc2c1CC[C@@H](c1ccccc1)C2. The number of nitrogen functional groups attached to an aromatic ring is 1. The van der Waals surface area contributed by atoms with Gasteiger partial charge in [0, 0.05) is 21.9 Å². The second-order valence-corrected chi connectivity index (χ2v) is 10.5. The molecule has 0 unspecified atom stereocenters. The predicted octanol–water partition coefficient (Wildman–Crippen LogP) is 4.90. The standard InChI is InChI=1S/C25H21N3O2S2/c26-14-20-19-11-6-16(15-4-2-1-3-5-15)12-21(19)32-25(20)28-23(29)13-22(24(28)30)31-18-9-7-17(27)8-10-18/h1-5,7-10,16,22H,6,11-13,27H2/t16-,22-/m1/s1. The summed E-state index contributed by atoms with van der Waals surface area (Å²) in [6.45, 7) is 0. The summed E-state index contributed by atoms with van der Waals surface area (Å²) < 4.78 is 0. The Balaban J connectivity index is 1.42. The highest BCUT2D eigenvalue weighted by molar-refractivity contribution is 8.00. The van der Waals surface area contributed by atoms with E-state index in [1.165, 1.54) is 33.6 Å². The van der Waals surface area contributed by atoms with Crippen LogP contribution in [0.25, 0.3) is 0 Å². The molecule has 32 heavy (non-hydrogen) atoms. The van der Waals surface area contributed by atoms with Crippen LogP contribution in [0.1, 0.15) is 40.3 Å². The van der Waals surface area contributed by atoms with Crippen LogP contribution in [0.5, 0.6) is 0 Å². The highest BCUT2D eigenvalue weighted by Gasteiger charge is 2.43. The zero-order valence-corrected chi connectivity index (χ0v) is 18.9. The zero-order valence-electron chi connectivity index (χ0n) is 17.3. The molecule has 0 spiro atoms. The molecular weight excluding hydrogens is 438 g/mol. The zero-order chi connectivity index (χ0) is 22.2. The Kier molecular flexibility index (Phi) is 5.50. The lowest BCUT2D eigenvalue weighted by molar-refractivity contribution is -0.121. The van der Waals surface area contributed by atoms with Gasteiger partial charge in [0.05, 0.1) is 10.8 Å². The van der Waals surface area contributed by atoms with Gasteiger partial charge < -0.3 is 5.73 Å². The summed E-state index contributed by atoms with van der Waals surface area (Å²) in [5.74, 6) is -0.0928. The fourth-order valence-corrected chi connectivity index (χ4v) is 6.93. The number of hydrogen-bond donors (Lipinski definition) is 1. The number of nitriles is 1. The molecule has 2 aromatic carbocycles. The van der Waals surface area contributed by atoms with Gasteiger partial charge in [0.1, 0.15) is 11.1 Å². The Hall–Kier alpha value is -3.08. The van der Waals surface area contributed by atoms with Gasteiger partial charge in [0.2, 0.25) is 11.8 Å². The molecule has 1 aliphatic heterocycles. The molecule has 1 aromatic heterocycles. The monoisotopic (exact) mass is 459 g/mol. The van der Waals surface area contributed by atoms with E-state index in [2.05, 4.69) is 18.2 Å². The molecule has 2 amide bonds. The Morgan fingerprint density at radius 3 is 2.53 bits per heavy atom. The third-order valence-electron chi connectivity index (χ3n) is 6.10. The molecule has 0 radical (unpaired) electrons. The average molecular weight is 460 g/mol. The molecule has 0 saturated carbocycles. The molecule has 1 aliphatic carbocycles. The number of anilines is 2. The minimum absolute atomic E-state index is 0.133. The van der Waals surface area contributed by atoms with Crippen molar-refractivity contribution >= 4 is 45.6 Å². The maximum absolute atomic E-state index is 13.2. The molecule has 160 valence electrons. The van der Waals surface area contributed by atoms with Crippen molar-refractivity contribution in [3.63, 3.8) is 0 Å². The molecule has 3 aromatic rings. The van der Waals surface area contributed by atoms with E-state index in [0.29, 0.717) is 22.2 Å². The minimum Gasteiger partial charge on any atom is -0.399 e. The largest absolute Gasteiger partial charge is 0.399 e. The van der Waals surface area contributed by atoms with Gasteiger partial charge in [0.25, 0.3) is 0 Å². The average Bonchev–Trinajstić information content (AvgIpc) is 3.30. The summed E-state index contributed by atoms with van der Waals surface area (Å²) in [5, 5.41) is 9.91. The summed E-state index contributed by atoms with van der Waals surface area (Å²) in [6, 6.07) is 20.0. The maximum Gasteiger partial charge on any atom is 0.248 e. The maximum atomic E-state index is 13.2. The van der Waals surface area contributed by atoms with Crippen molar-refractivity contribution in [1.29, 1.82) is 5.26 Å². The van der Waals surface area contributed by atoms with E-state index in [9.17, 15) is 14.9 Å². The Morgan fingerprint density at radius 1 is 1.06 bits per heavy atom. The van der Waals surface area contributed by atoms with E-state index in [0.717, 1.165) is 34.6 Å². The van der Waals surface area contributed by atoms with Crippen LogP contribution < -0.4 is 10.6 Å². The summed E-state index contributed by atoms with van der Waals surface area (Å²) in [7, 11) is 0. The Morgan fingerprint density at radius 2 is 1.81 bits per heavy atom. The van der Waals surface area contributed by atoms with Crippen molar-refractivity contribution < 1.29 is 9.59 Å². The molecule has 5 nitrogen and oxygen atoms in total. The molecule has 1 saturated heterocycles. The van der Waals surface area contributed by atoms with E-state index in [4.69, 9.17) is 5.73 Å². The molecule has 5 rings (SSSR count). The first-order valence-electron chi connectivity index (χ1n) is 10.5. The molecule has 2 N–H and O–H groups in total. The summed E-state index contributed by atoms with van der Waals surface area (Å²) in [6.07, 6.45) is 2.71. The lowest BCUT2D eigenvalue weighted by atomic mass is 9.83. The number of nitrogens with two attached hydrogens (primary N) is 1. The van der Waals surface area contributed by atoms with E-state index < -0.39 is 5.25 Å². The third-order valence-corrected chi connectivity index (χ3v) is 8.53. The van der Waals surface area contributed by atoms with Crippen LogP contribution in [0.15, 0.2) is 59.5 Å². The fraction of sp³-hybridized carbons (Fsp3) is 0.240. The number of thioether (sulfide) groups is 1. The van der Waals surface area contributed by atoms with Gasteiger partial charge in [-0.15, -0.1) is 23.1 Å². The number of hydrogen-bond acceptors (Lipinski definition) is 6.